The third-order valence-electron chi connectivity index (χ3n) is 3.17. The fourth-order valence-corrected chi connectivity index (χ4v) is 2.97. The first-order valence-corrected chi connectivity index (χ1v) is 7.49. The van der Waals surface area contributed by atoms with Crippen molar-refractivity contribution in [2.24, 2.45) is 14.1 Å². The molecule has 0 spiro atoms. The molecule has 1 aromatic carbocycles. The monoisotopic (exact) mass is 294 g/mol. The van der Waals surface area contributed by atoms with Crippen LogP contribution >= 0.6 is 11.8 Å². The number of rotatable bonds is 4. The fourth-order valence-electron chi connectivity index (χ4n) is 2.17. The van der Waals surface area contributed by atoms with E-state index in [4.69, 9.17) is 4.74 Å². The molecule has 0 aliphatic heterocycles. The van der Waals surface area contributed by atoms with Crippen LogP contribution in [0, 0.1) is 0 Å². The van der Waals surface area contributed by atoms with Crippen LogP contribution in [-0.4, -0.2) is 27.5 Å². The van der Waals surface area contributed by atoms with Crippen molar-refractivity contribution in [3.05, 3.63) is 28.2 Å². The highest BCUT2D eigenvalue weighted by Gasteiger charge is 2.17. The van der Waals surface area contributed by atoms with Crippen molar-refractivity contribution in [1.29, 1.82) is 0 Å². The lowest BCUT2D eigenvalue weighted by atomic mass is 10.2. The minimum atomic E-state index is -0.346. The van der Waals surface area contributed by atoms with Gasteiger partial charge >= 0.3 is 11.7 Å². The smallest absolute Gasteiger partial charge is 0.339 e. The average molecular weight is 294 g/mol. The second-order valence-electron chi connectivity index (χ2n) is 4.39. The number of benzene rings is 1. The number of carbonyl (C=O) groups excluding carboxylic acids is 1. The van der Waals surface area contributed by atoms with Gasteiger partial charge in [-0.1, -0.05) is 6.92 Å². The number of fused-ring (bicyclic) bond motifs is 1. The van der Waals surface area contributed by atoms with Crippen LogP contribution in [0.1, 0.15) is 24.2 Å². The second-order valence-corrected chi connectivity index (χ2v) is 5.70. The van der Waals surface area contributed by atoms with Crippen LogP contribution in [0.15, 0.2) is 21.8 Å². The molecule has 5 nitrogen and oxygen atoms in total. The summed E-state index contributed by atoms with van der Waals surface area (Å²) in [5, 5.41) is 0. The van der Waals surface area contributed by atoms with Gasteiger partial charge in [0, 0.05) is 19.0 Å². The molecular formula is C14H18N2O3S. The number of aryl methyl sites for hydroxylation is 2. The SMILES string of the molecule is CCOC(=O)c1cc2c(cc1SCC)n(C)c(=O)n2C. The highest BCUT2D eigenvalue weighted by molar-refractivity contribution is 7.99. The van der Waals surface area contributed by atoms with E-state index in [9.17, 15) is 9.59 Å². The first-order chi connectivity index (χ1) is 9.51. The van der Waals surface area contributed by atoms with Crippen LogP contribution in [0.5, 0.6) is 0 Å². The predicted molar refractivity (Wildman–Crippen MR) is 80.5 cm³/mol. The molecule has 108 valence electrons. The summed E-state index contributed by atoms with van der Waals surface area (Å²) >= 11 is 1.57. The number of hydrogen-bond donors (Lipinski definition) is 0. The molecule has 6 heteroatoms. The number of aromatic nitrogens is 2. The van der Waals surface area contributed by atoms with Gasteiger partial charge in [-0.15, -0.1) is 11.8 Å². The molecule has 0 atom stereocenters. The van der Waals surface area contributed by atoms with Crippen molar-refractivity contribution in [1.82, 2.24) is 9.13 Å². The Morgan fingerprint density at radius 3 is 2.35 bits per heavy atom. The second kappa shape index (κ2) is 5.75. The molecule has 0 radical (unpaired) electrons. The van der Waals surface area contributed by atoms with Crippen LogP contribution < -0.4 is 5.69 Å². The van der Waals surface area contributed by atoms with Crippen LogP contribution in [-0.2, 0) is 18.8 Å². The van der Waals surface area contributed by atoms with Gasteiger partial charge in [-0.25, -0.2) is 9.59 Å². The number of ether oxygens (including phenoxy) is 1. The normalized spacial score (nSPS) is 11.0. The van der Waals surface area contributed by atoms with Crippen LogP contribution in [0.2, 0.25) is 0 Å². The highest BCUT2D eigenvalue weighted by atomic mass is 32.2. The molecule has 0 saturated carbocycles. The number of carbonyl (C=O) groups is 1. The molecule has 0 amide bonds. The Kier molecular flexibility index (Phi) is 4.23. The van der Waals surface area contributed by atoms with Gasteiger partial charge in [0.15, 0.2) is 0 Å². The average Bonchev–Trinajstić information content (AvgIpc) is 2.64. The maximum absolute atomic E-state index is 12.1. The summed E-state index contributed by atoms with van der Waals surface area (Å²) in [4.78, 5) is 24.9. The summed E-state index contributed by atoms with van der Waals surface area (Å²) < 4.78 is 8.22. The summed E-state index contributed by atoms with van der Waals surface area (Å²) in [5.74, 6) is 0.500. The van der Waals surface area contributed by atoms with E-state index >= 15 is 0 Å². The summed E-state index contributed by atoms with van der Waals surface area (Å²) in [5.41, 5.74) is 1.98. The number of hydrogen-bond acceptors (Lipinski definition) is 4. The zero-order valence-corrected chi connectivity index (χ0v) is 12.9. The largest absolute Gasteiger partial charge is 0.462 e. The van der Waals surface area contributed by atoms with Crippen LogP contribution in [0.3, 0.4) is 0 Å². The van der Waals surface area contributed by atoms with Crippen molar-refractivity contribution in [3.63, 3.8) is 0 Å². The summed E-state index contributed by atoms with van der Waals surface area (Å²) in [6, 6.07) is 3.63. The molecule has 0 saturated heterocycles. The van der Waals surface area contributed by atoms with Gasteiger partial charge in [0.1, 0.15) is 0 Å². The Labute approximate surface area is 121 Å². The maximum atomic E-state index is 12.1. The van der Waals surface area contributed by atoms with E-state index in [0.29, 0.717) is 12.2 Å². The van der Waals surface area contributed by atoms with Crippen molar-refractivity contribution in [2.45, 2.75) is 18.7 Å². The fraction of sp³-hybridized carbons (Fsp3) is 0.429. The summed E-state index contributed by atoms with van der Waals surface area (Å²) in [7, 11) is 3.43. The molecule has 0 bridgehead atoms. The number of thioether (sulfide) groups is 1. The van der Waals surface area contributed by atoms with Crippen molar-refractivity contribution in [3.8, 4) is 0 Å². The number of nitrogens with zero attached hydrogens (tertiary/aromatic N) is 2. The minimum Gasteiger partial charge on any atom is -0.462 e. The topological polar surface area (TPSA) is 53.2 Å². The maximum Gasteiger partial charge on any atom is 0.339 e. The van der Waals surface area contributed by atoms with E-state index in [0.717, 1.165) is 21.7 Å². The van der Waals surface area contributed by atoms with E-state index < -0.39 is 0 Å². The lowest BCUT2D eigenvalue weighted by Gasteiger charge is -2.09. The van der Waals surface area contributed by atoms with E-state index in [2.05, 4.69) is 0 Å². The van der Waals surface area contributed by atoms with Gasteiger partial charge in [0.25, 0.3) is 0 Å². The molecule has 1 heterocycles. The van der Waals surface area contributed by atoms with E-state index in [1.807, 2.05) is 13.0 Å². The van der Waals surface area contributed by atoms with Crippen LogP contribution in [0.25, 0.3) is 11.0 Å². The van der Waals surface area contributed by atoms with E-state index in [1.54, 1.807) is 48.0 Å². The summed E-state index contributed by atoms with van der Waals surface area (Å²) in [6.45, 7) is 4.13. The third kappa shape index (κ3) is 2.35. The zero-order chi connectivity index (χ0) is 14.9. The van der Waals surface area contributed by atoms with Crippen molar-refractivity contribution in [2.75, 3.05) is 12.4 Å². The standard InChI is InChI=1S/C14H18N2O3S/c1-5-19-13(17)9-7-10-11(8-12(9)20-6-2)16(4)14(18)15(10)3/h7-8H,5-6H2,1-4H3. The number of esters is 1. The minimum absolute atomic E-state index is 0.103. The Hall–Kier alpha value is -1.69. The molecule has 2 rings (SSSR count). The molecule has 0 aliphatic rings. The van der Waals surface area contributed by atoms with Crippen LogP contribution in [0.4, 0.5) is 0 Å². The predicted octanol–water partition coefficient (Wildman–Crippen LogP) is 2.17. The molecule has 0 fully saturated rings. The molecule has 0 aliphatic carbocycles. The van der Waals surface area contributed by atoms with Crippen molar-refractivity contribution < 1.29 is 9.53 Å². The first-order valence-electron chi connectivity index (χ1n) is 6.50. The highest BCUT2D eigenvalue weighted by Crippen LogP contribution is 2.28. The Morgan fingerprint density at radius 2 is 1.80 bits per heavy atom. The molecular weight excluding hydrogens is 276 g/mol. The molecule has 0 N–H and O–H groups in total. The Balaban J connectivity index is 2.72. The molecule has 2 aromatic rings. The molecule has 0 unspecified atom stereocenters. The van der Waals surface area contributed by atoms with Gasteiger partial charge in [-0.2, -0.15) is 0 Å². The lowest BCUT2D eigenvalue weighted by molar-refractivity contribution is 0.0522. The Bertz CT molecular complexity index is 715. The van der Waals surface area contributed by atoms with E-state index in [-0.39, 0.29) is 11.7 Å². The molecule has 1 aromatic heterocycles. The van der Waals surface area contributed by atoms with Gasteiger partial charge < -0.3 is 4.74 Å². The first kappa shape index (κ1) is 14.7. The van der Waals surface area contributed by atoms with Gasteiger partial charge in [-0.3, -0.25) is 9.13 Å². The molecule has 20 heavy (non-hydrogen) atoms. The van der Waals surface area contributed by atoms with Gasteiger partial charge in [-0.05, 0) is 24.8 Å². The summed E-state index contributed by atoms with van der Waals surface area (Å²) in [6.07, 6.45) is 0. The Morgan fingerprint density at radius 1 is 1.20 bits per heavy atom. The number of imidazole rings is 1. The van der Waals surface area contributed by atoms with Gasteiger partial charge in [0.2, 0.25) is 0 Å². The van der Waals surface area contributed by atoms with Crippen molar-refractivity contribution >= 4 is 28.8 Å². The van der Waals surface area contributed by atoms with Gasteiger partial charge in [0.05, 0.1) is 23.2 Å². The zero-order valence-electron chi connectivity index (χ0n) is 12.1. The lowest BCUT2D eigenvalue weighted by Crippen LogP contribution is -2.19. The quantitative estimate of drug-likeness (QED) is 0.640. The van der Waals surface area contributed by atoms with E-state index in [1.165, 1.54) is 0 Å². The third-order valence-corrected chi connectivity index (χ3v) is 4.11.